The average Bonchev–Trinajstić information content (AvgIpc) is 2.65. The van der Waals surface area contributed by atoms with Crippen molar-refractivity contribution in [2.24, 2.45) is 5.92 Å². The Labute approximate surface area is 165 Å². The molecule has 0 aliphatic carbocycles. The molecule has 2 rings (SSSR count). The summed E-state index contributed by atoms with van der Waals surface area (Å²) in [5.41, 5.74) is -2.26. The predicted octanol–water partition coefficient (Wildman–Crippen LogP) is 3.22. The van der Waals surface area contributed by atoms with Gasteiger partial charge in [0.1, 0.15) is 11.7 Å². The summed E-state index contributed by atoms with van der Waals surface area (Å²) < 4.78 is 43.2. The molecule has 0 radical (unpaired) electrons. The van der Waals surface area contributed by atoms with Crippen molar-refractivity contribution in [1.29, 1.82) is 0 Å². The SMILES string of the molecule is CC1CCN(C(=O)COC(=O)[C@H](C)Nc2ccc(C(F)(F)F)cc2[N+](=O)[O-])CC1. The van der Waals surface area contributed by atoms with Crippen LogP contribution < -0.4 is 5.32 Å². The van der Waals surface area contributed by atoms with Crippen molar-refractivity contribution in [1.82, 2.24) is 4.90 Å². The Balaban J connectivity index is 1.96. The smallest absolute Gasteiger partial charge is 0.416 e. The van der Waals surface area contributed by atoms with E-state index >= 15 is 0 Å². The molecule has 8 nitrogen and oxygen atoms in total. The van der Waals surface area contributed by atoms with E-state index < -0.39 is 41.0 Å². The van der Waals surface area contributed by atoms with Gasteiger partial charge in [0.2, 0.25) is 0 Å². The van der Waals surface area contributed by atoms with Gasteiger partial charge in [-0.15, -0.1) is 0 Å². The fourth-order valence-corrected chi connectivity index (χ4v) is 2.88. The van der Waals surface area contributed by atoms with Crippen LogP contribution in [0.2, 0.25) is 0 Å². The van der Waals surface area contributed by atoms with Crippen LogP contribution in [0.5, 0.6) is 0 Å². The number of nitro groups is 1. The van der Waals surface area contributed by atoms with Gasteiger partial charge in [-0.3, -0.25) is 14.9 Å². The first-order valence-corrected chi connectivity index (χ1v) is 9.05. The molecular weight excluding hydrogens is 395 g/mol. The lowest BCUT2D eigenvalue weighted by Crippen LogP contribution is -2.41. The van der Waals surface area contributed by atoms with Gasteiger partial charge in [0, 0.05) is 19.2 Å². The number of nitro benzene ring substituents is 1. The van der Waals surface area contributed by atoms with Gasteiger partial charge in [-0.05, 0) is 37.8 Å². The number of piperidine rings is 1. The van der Waals surface area contributed by atoms with Crippen LogP contribution in [0.1, 0.15) is 32.3 Å². The maximum absolute atomic E-state index is 12.8. The van der Waals surface area contributed by atoms with E-state index in [1.165, 1.54) is 6.92 Å². The fraction of sp³-hybridized carbons (Fsp3) is 0.556. The number of nitrogens with zero attached hydrogens (tertiary/aromatic N) is 2. The molecule has 0 saturated carbocycles. The number of anilines is 1. The average molecular weight is 417 g/mol. The van der Waals surface area contributed by atoms with Gasteiger partial charge in [0.05, 0.1) is 10.5 Å². The van der Waals surface area contributed by atoms with E-state index in [1.54, 1.807) is 4.90 Å². The number of ether oxygens (including phenoxy) is 1. The Bertz CT molecular complexity index is 776. The van der Waals surface area contributed by atoms with Crippen molar-refractivity contribution in [3.05, 3.63) is 33.9 Å². The molecule has 1 aromatic rings. The van der Waals surface area contributed by atoms with Crippen molar-refractivity contribution < 1.29 is 32.4 Å². The molecule has 1 saturated heterocycles. The number of benzene rings is 1. The Morgan fingerprint density at radius 1 is 1.34 bits per heavy atom. The van der Waals surface area contributed by atoms with Gasteiger partial charge in [0.15, 0.2) is 6.61 Å². The van der Waals surface area contributed by atoms with Gasteiger partial charge in [0.25, 0.3) is 11.6 Å². The molecule has 0 bridgehead atoms. The zero-order valence-corrected chi connectivity index (χ0v) is 16.0. The number of likely N-dealkylation sites (tertiary alicyclic amines) is 1. The van der Waals surface area contributed by atoms with Crippen LogP contribution in [0, 0.1) is 16.0 Å². The first-order valence-electron chi connectivity index (χ1n) is 9.05. The van der Waals surface area contributed by atoms with Gasteiger partial charge >= 0.3 is 12.1 Å². The van der Waals surface area contributed by atoms with Crippen molar-refractivity contribution in [3.63, 3.8) is 0 Å². The highest BCUT2D eigenvalue weighted by Crippen LogP contribution is 2.35. The highest BCUT2D eigenvalue weighted by atomic mass is 19.4. The minimum absolute atomic E-state index is 0.260. The van der Waals surface area contributed by atoms with Crippen LogP contribution in [-0.4, -0.2) is 47.4 Å². The summed E-state index contributed by atoms with van der Waals surface area (Å²) >= 11 is 0. The standard InChI is InChI=1S/C18H22F3N3O5/c1-11-5-7-23(8-6-11)16(25)10-29-17(26)12(2)22-14-4-3-13(18(19,20)21)9-15(14)24(27)28/h3-4,9,11-12,22H,5-8,10H2,1-2H3/t12-/m0/s1. The number of esters is 1. The van der Waals surface area contributed by atoms with Gasteiger partial charge in [-0.25, -0.2) is 4.79 Å². The zero-order valence-electron chi connectivity index (χ0n) is 16.0. The molecule has 29 heavy (non-hydrogen) atoms. The predicted molar refractivity (Wildman–Crippen MR) is 97.1 cm³/mol. The second-order valence-electron chi connectivity index (χ2n) is 7.02. The first-order chi connectivity index (χ1) is 13.5. The Hall–Kier alpha value is -2.85. The molecular formula is C18H22F3N3O5. The number of hydrogen-bond donors (Lipinski definition) is 1. The number of nitrogens with one attached hydrogen (secondary N) is 1. The van der Waals surface area contributed by atoms with Crippen LogP contribution in [0.15, 0.2) is 18.2 Å². The van der Waals surface area contributed by atoms with Crippen molar-refractivity contribution >= 4 is 23.3 Å². The minimum Gasteiger partial charge on any atom is -0.454 e. The minimum atomic E-state index is -4.74. The zero-order chi connectivity index (χ0) is 21.8. The van der Waals surface area contributed by atoms with Crippen molar-refractivity contribution in [2.75, 3.05) is 25.0 Å². The molecule has 0 aromatic heterocycles. The van der Waals surface area contributed by atoms with Crippen LogP contribution in [0.4, 0.5) is 24.5 Å². The number of carbonyl (C=O) groups excluding carboxylic acids is 2. The molecule has 1 aliphatic rings. The fourth-order valence-electron chi connectivity index (χ4n) is 2.88. The maximum Gasteiger partial charge on any atom is 0.416 e. The summed E-state index contributed by atoms with van der Waals surface area (Å²) in [7, 11) is 0. The van der Waals surface area contributed by atoms with Gasteiger partial charge in [-0.2, -0.15) is 13.2 Å². The summed E-state index contributed by atoms with van der Waals surface area (Å²) in [6, 6.07) is 0.833. The monoisotopic (exact) mass is 417 g/mol. The van der Waals surface area contributed by atoms with Gasteiger partial charge < -0.3 is 15.0 Å². The second kappa shape index (κ2) is 9.10. The third-order valence-electron chi connectivity index (χ3n) is 4.72. The van der Waals surface area contributed by atoms with Crippen LogP contribution in [-0.2, 0) is 20.5 Å². The van der Waals surface area contributed by atoms with E-state index in [4.69, 9.17) is 4.74 Å². The molecule has 1 amide bonds. The molecule has 1 heterocycles. The quantitative estimate of drug-likeness (QED) is 0.433. The van der Waals surface area contributed by atoms with E-state index in [1.807, 2.05) is 0 Å². The Kier molecular flexibility index (Phi) is 7.04. The Morgan fingerprint density at radius 3 is 2.52 bits per heavy atom. The molecule has 1 N–H and O–H groups in total. The van der Waals surface area contributed by atoms with E-state index in [2.05, 4.69) is 12.2 Å². The summed E-state index contributed by atoms with van der Waals surface area (Å²) in [6.07, 6.45) is -3.00. The van der Waals surface area contributed by atoms with E-state index in [-0.39, 0.29) is 11.6 Å². The molecule has 1 aromatic carbocycles. The summed E-state index contributed by atoms with van der Waals surface area (Å²) in [5.74, 6) is -0.652. The number of alkyl halides is 3. The second-order valence-corrected chi connectivity index (χ2v) is 7.02. The number of amides is 1. The van der Waals surface area contributed by atoms with Crippen molar-refractivity contribution in [3.8, 4) is 0 Å². The van der Waals surface area contributed by atoms with E-state index in [9.17, 15) is 32.9 Å². The number of rotatable bonds is 6. The third kappa shape index (κ3) is 6.06. The summed E-state index contributed by atoms with van der Waals surface area (Å²) in [5, 5.41) is 13.6. The van der Waals surface area contributed by atoms with Gasteiger partial charge in [-0.1, -0.05) is 6.92 Å². The number of carbonyl (C=O) groups is 2. The molecule has 0 spiro atoms. The van der Waals surface area contributed by atoms with E-state index in [0.29, 0.717) is 31.1 Å². The molecule has 0 unspecified atom stereocenters. The molecule has 11 heteroatoms. The first kappa shape index (κ1) is 22.4. The molecule has 1 aliphatic heterocycles. The van der Waals surface area contributed by atoms with Crippen LogP contribution in [0.25, 0.3) is 0 Å². The van der Waals surface area contributed by atoms with E-state index in [0.717, 1.165) is 18.9 Å². The lowest BCUT2D eigenvalue weighted by Gasteiger charge is -2.30. The lowest BCUT2D eigenvalue weighted by molar-refractivity contribution is -0.384. The third-order valence-corrected chi connectivity index (χ3v) is 4.72. The number of hydrogen-bond acceptors (Lipinski definition) is 6. The molecule has 1 fully saturated rings. The van der Waals surface area contributed by atoms with Crippen molar-refractivity contribution in [2.45, 2.75) is 38.9 Å². The topological polar surface area (TPSA) is 102 Å². The largest absolute Gasteiger partial charge is 0.454 e. The highest BCUT2D eigenvalue weighted by Gasteiger charge is 2.33. The maximum atomic E-state index is 12.8. The normalized spacial score (nSPS) is 16.2. The Morgan fingerprint density at radius 2 is 1.97 bits per heavy atom. The molecule has 1 atom stereocenters. The molecule has 160 valence electrons. The highest BCUT2D eigenvalue weighted by molar-refractivity contribution is 5.84. The summed E-state index contributed by atoms with van der Waals surface area (Å²) in [6.45, 7) is 4.13. The van der Waals surface area contributed by atoms with Crippen LogP contribution in [0.3, 0.4) is 0 Å². The lowest BCUT2D eigenvalue weighted by atomic mass is 9.99. The van der Waals surface area contributed by atoms with Crippen LogP contribution >= 0.6 is 0 Å². The summed E-state index contributed by atoms with van der Waals surface area (Å²) in [4.78, 5) is 35.9. The number of halogens is 3.